The smallest absolute Gasteiger partial charge is 0.254 e. The number of nitrogens with zero attached hydrogens (tertiary/aromatic N) is 1. The van der Waals surface area contributed by atoms with Gasteiger partial charge in [-0.3, -0.25) is 14.4 Å². The third-order valence-electron chi connectivity index (χ3n) is 7.15. The van der Waals surface area contributed by atoms with Gasteiger partial charge in [-0.25, -0.2) is 0 Å². The van der Waals surface area contributed by atoms with E-state index in [0.29, 0.717) is 16.0 Å². The first-order chi connectivity index (χ1) is 18.8. The Hall–Kier alpha value is -4.35. The number of Topliss-reactive ketones (excluding diaryl/α,β-unsaturated/α-hetero) is 1. The minimum absolute atomic E-state index is 0.226. The lowest BCUT2D eigenvalue weighted by molar-refractivity contribution is 0.0676. The Kier molecular flexibility index (Phi) is 7.27. The number of likely N-dealkylation sites (N-methyl/N-ethyl adjacent to an activating group) is 1. The van der Waals surface area contributed by atoms with E-state index in [2.05, 4.69) is 24.3 Å². The van der Waals surface area contributed by atoms with Gasteiger partial charge < -0.3 is 4.90 Å². The van der Waals surface area contributed by atoms with Gasteiger partial charge >= 0.3 is 0 Å². The molecule has 5 aromatic rings. The molecule has 0 saturated carbocycles. The number of carbonyl (C=O) groups excluding carboxylic acids is 3. The third kappa shape index (κ3) is 5.06. The first-order valence-electron chi connectivity index (χ1n) is 12.8. The van der Waals surface area contributed by atoms with Crippen LogP contribution in [0.4, 0.5) is 0 Å². The van der Waals surface area contributed by atoms with Crippen molar-refractivity contribution in [2.24, 2.45) is 0 Å². The van der Waals surface area contributed by atoms with Crippen molar-refractivity contribution in [2.75, 3.05) is 7.05 Å². The highest BCUT2D eigenvalue weighted by Crippen LogP contribution is 2.39. The number of hydrogen-bond donors (Lipinski definition) is 0. The van der Waals surface area contributed by atoms with Gasteiger partial charge in [0.25, 0.3) is 5.91 Å². The maximum Gasteiger partial charge on any atom is 0.254 e. The van der Waals surface area contributed by atoms with Crippen LogP contribution in [-0.2, 0) is 0 Å². The molecule has 5 rings (SSSR count). The zero-order valence-corrected chi connectivity index (χ0v) is 23.2. The molecule has 0 unspecified atom stereocenters. The summed E-state index contributed by atoms with van der Waals surface area (Å²) < 4.78 is 0.862. The van der Waals surface area contributed by atoms with Gasteiger partial charge in [0.15, 0.2) is 12.1 Å². The van der Waals surface area contributed by atoms with Gasteiger partial charge in [-0.05, 0) is 61.2 Å². The Morgan fingerprint density at radius 3 is 2.05 bits per heavy atom. The molecule has 0 saturated heterocycles. The SMILES string of the molecule is Cc1cc(C)cc(C(=O)N(C)[C@@H](C)C(=O)c2sc3cccc(-c4ccc(-c5ccccc5)cc4)c3c2C=O)c1. The number of aryl methyl sites for hydroxylation is 2. The number of hydrogen-bond acceptors (Lipinski definition) is 4. The molecule has 0 aliphatic rings. The highest BCUT2D eigenvalue weighted by Gasteiger charge is 2.29. The summed E-state index contributed by atoms with van der Waals surface area (Å²) >= 11 is 1.30. The Morgan fingerprint density at radius 2 is 1.41 bits per heavy atom. The molecule has 1 atom stereocenters. The Balaban J connectivity index is 1.50. The van der Waals surface area contributed by atoms with E-state index in [1.54, 1.807) is 14.0 Å². The molecule has 194 valence electrons. The maximum absolute atomic E-state index is 13.7. The summed E-state index contributed by atoms with van der Waals surface area (Å²) in [7, 11) is 1.64. The van der Waals surface area contributed by atoms with E-state index in [0.717, 1.165) is 49.8 Å². The summed E-state index contributed by atoms with van der Waals surface area (Å²) in [6, 6.07) is 29.2. The number of rotatable bonds is 7. The Morgan fingerprint density at radius 1 is 0.795 bits per heavy atom. The zero-order chi connectivity index (χ0) is 27.7. The van der Waals surface area contributed by atoms with Crippen LogP contribution in [0.2, 0.25) is 0 Å². The molecular weight excluding hydrogens is 502 g/mol. The highest BCUT2D eigenvalue weighted by molar-refractivity contribution is 7.21. The Labute approximate surface area is 232 Å². The summed E-state index contributed by atoms with van der Waals surface area (Å²) in [5, 5.41) is 0.767. The second-order valence-electron chi connectivity index (χ2n) is 9.92. The second-order valence-corrected chi connectivity index (χ2v) is 11.0. The van der Waals surface area contributed by atoms with Crippen LogP contribution < -0.4 is 0 Å². The molecule has 4 nitrogen and oxygen atoms in total. The summed E-state index contributed by atoms with van der Waals surface area (Å²) in [5.41, 5.74) is 7.00. The molecule has 0 spiro atoms. The molecular formula is C34H29NO3S. The molecule has 5 heteroatoms. The van der Waals surface area contributed by atoms with Crippen LogP contribution in [0.3, 0.4) is 0 Å². The first kappa shape index (κ1) is 26.3. The molecule has 4 aromatic carbocycles. The van der Waals surface area contributed by atoms with Crippen molar-refractivity contribution in [3.05, 3.63) is 118 Å². The Bertz CT molecular complexity index is 1680. The maximum atomic E-state index is 13.7. The lowest BCUT2D eigenvalue weighted by atomic mass is 9.95. The molecule has 0 fully saturated rings. The summed E-state index contributed by atoms with van der Waals surface area (Å²) in [6.45, 7) is 5.60. The molecule has 1 aromatic heterocycles. The number of amides is 1. The fourth-order valence-electron chi connectivity index (χ4n) is 5.02. The fourth-order valence-corrected chi connectivity index (χ4v) is 6.24. The van der Waals surface area contributed by atoms with Crippen molar-refractivity contribution in [1.82, 2.24) is 4.90 Å². The van der Waals surface area contributed by atoms with E-state index in [9.17, 15) is 14.4 Å². The van der Waals surface area contributed by atoms with Gasteiger partial charge in [-0.15, -0.1) is 11.3 Å². The van der Waals surface area contributed by atoms with Gasteiger partial charge in [0.05, 0.1) is 10.9 Å². The predicted molar refractivity (Wildman–Crippen MR) is 160 cm³/mol. The van der Waals surface area contributed by atoms with Crippen molar-refractivity contribution in [2.45, 2.75) is 26.8 Å². The highest BCUT2D eigenvalue weighted by atomic mass is 32.1. The van der Waals surface area contributed by atoms with Crippen LogP contribution >= 0.6 is 11.3 Å². The van der Waals surface area contributed by atoms with Crippen LogP contribution in [0.25, 0.3) is 32.3 Å². The van der Waals surface area contributed by atoms with E-state index in [4.69, 9.17) is 0 Å². The molecule has 0 aliphatic carbocycles. The monoisotopic (exact) mass is 531 g/mol. The molecule has 1 heterocycles. The molecule has 0 aliphatic heterocycles. The average molecular weight is 532 g/mol. The van der Waals surface area contributed by atoms with Crippen LogP contribution in [0.1, 0.15) is 48.4 Å². The van der Waals surface area contributed by atoms with Crippen LogP contribution in [0.15, 0.2) is 91.0 Å². The van der Waals surface area contributed by atoms with Gasteiger partial charge in [0.1, 0.15) is 0 Å². The normalized spacial score (nSPS) is 11.8. The lowest BCUT2D eigenvalue weighted by Crippen LogP contribution is -2.40. The quantitative estimate of drug-likeness (QED) is 0.158. The van der Waals surface area contributed by atoms with Gasteiger partial charge in [-0.2, -0.15) is 0 Å². The summed E-state index contributed by atoms with van der Waals surface area (Å²) in [5.74, 6) is -0.473. The average Bonchev–Trinajstić information content (AvgIpc) is 3.34. The van der Waals surface area contributed by atoms with Gasteiger partial charge in [0, 0.05) is 28.3 Å². The minimum Gasteiger partial charge on any atom is -0.332 e. The summed E-state index contributed by atoms with van der Waals surface area (Å²) in [4.78, 5) is 41.2. The van der Waals surface area contributed by atoms with Crippen molar-refractivity contribution in [1.29, 1.82) is 0 Å². The van der Waals surface area contributed by atoms with Crippen molar-refractivity contribution < 1.29 is 14.4 Å². The number of benzene rings is 4. The van der Waals surface area contributed by atoms with Gasteiger partial charge in [0.2, 0.25) is 0 Å². The zero-order valence-electron chi connectivity index (χ0n) is 22.4. The lowest BCUT2D eigenvalue weighted by Gasteiger charge is -2.24. The first-order valence-corrected chi connectivity index (χ1v) is 13.7. The topological polar surface area (TPSA) is 54.5 Å². The van der Waals surface area contributed by atoms with Crippen molar-refractivity contribution in [3.8, 4) is 22.3 Å². The van der Waals surface area contributed by atoms with Crippen molar-refractivity contribution in [3.63, 3.8) is 0 Å². The fraction of sp³-hybridized carbons (Fsp3) is 0.147. The number of carbonyl (C=O) groups is 3. The van der Waals surface area contributed by atoms with Crippen molar-refractivity contribution >= 4 is 39.4 Å². The minimum atomic E-state index is -0.737. The van der Waals surface area contributed by atoms with E-state index in [-0.39, 0.29) is 11.7 Å². The van der Waals surface area contributed by atoms with Crippen LogP contribution in [0.5, 0.6) is 0 Å². The number of ketones is 1. The number of aldehydes is 1. The van der Waals surface area contributed by atoms with E-state index in [1.807, 2.05) is 80.6 Å². The van der Waals surface area contributed by atoms with Crippen LogP contribution in [0, 0.1) is 13.8 Å². The second kappa shape index (κ2) is 10.8. The van der Waals surface area contributed by atoms with E-state index < -0.39 is 6.04 Å². The molecule has 39 heavy (non-hydrogen) atoms. The number of thiophene rings is 1. The number of fused-ring (bicyclic) bond motifs is 1. The van der Waals surface area contributed by atoms with E-state index in [1.165, 1.54) is 16.2 Å². The predicted octanol–water partition coefficient (Wildman–Crippen LogP) is 8.01. The van der Waals surface area contributed by atoms with Gasteiger partial charge in [-0.1, -0.05) is 83.9 Å². The summed E-state index contributed by atoms with van der Waals surface area (Å²) in [6.07, 6.45) is 0.770. The standard InChI is InChI=1S/C34H29NO3S/c1-21-17-22(2)19-27(18-21)34(38)35(4)23(3)32(37)33-29(20-36)31-28(11-8-12-30(31)39-33)26-15-13-25(14-16-26)24-9-6-5-7-10-24/h5-20,23H,1-4H3/t23-/m0/s1. The molecule has 0 radical (unpaired) electrons. The van der Waals surface area contributed by atoms with Crippen LogP contribution in [-0.4, -0.2) is 36.0 Å². The van der Waals surface area contributed by atoms with E-state index >= 15 is 0 Å². The molecule has 0 N–H and O–H groups in total. The third-order valence-corrected chi connectivity index (χ3v) is 8.33. The molecule has 1 amide bonds. The largest absolute Gasteiger partial charge is 0.332 e. The molecule has 0 bridgehead atoms.